The summed E-state index contributed by atoms with van der Waals surface area (Å²) in [6.45, 7) is 0.414. The van der Waals surface area contributed by atoms with Crippen LogP contribution in [-0.2, 0) is 16.4 Å². The van der Waals surface area contributed by atoms with Gasteiger partial charge in [0.2, 0.25) is 15.9 Å². The van der Waals surface area contributed by atoms with Crippen molar-refractivity contribution in [1.29, 1.82) is 0 Å². The molecule has 0 radical (unpaired) electrons. The van der Waals surface area contributed by atoms with E-state index in [-0.39, 0.29) is 10.7 Å². The maximum atomic E-state index is 13.1. The Balaban J connectivity index is 1.58. The lowest BCUT2D eigenvalue weighted by Crippen LogP contribution is -2.38. The van der Waals surface area contributed by atoms with Crippen LogP contribution in [0.2, 0.25) is 0 Å². The molecular weight excluding hydrogens is 381 g/mol. The number of hydrogen-bond acceptors (Lipinski definition) is 5. The first-order valence-electron chi connectivity index (χ1n) is 9.15. The Kier molecular flexibility index (Phi) is 5.23. The minimum absolute atomic E-state index is 0.167. The Labute approximate surface area is 163 Å². The maximum absolute atomic E-state index is 13.1. The fourth-order valence-corrected chi connectivity index (χ4v) is 5.05. The number of rotatable bonds is 5. The Hall–Kier alpha value is -2.58. The summed E-state index contributed by atoms with van der Waals surface area (Å²) in [6.07, 6.45) is 7.32. The molecule has 28 heavy (non-hydrogen) atoms. The van der Waals surface area contributed by atoms with Crippen LogP contribution in [-0.4, -0.2) is 29.2 Å². The highest BCUT2D eigenvalue weighted by Crippen LogP contribution is 2.35. The van der Waals surface area contributed by atoms with E-state index in [1.807, 2.05) is 0 Å². The molecule has 0 bridgehead atoms. The monoisotopic (exact) mass is 401 g/mol. The zero-order valence-electron chi connectivity index (χ0n) is 15.2. The second-order valence-electron chi connectivity index (χ2n) is 6.78. The minimum Gasteiger partial charge on any atom is -0.444 e. The van der Waals surface area contributed by atoms with E-state index in [2.05, 4.69) is 9.97 Å². The Morgan fingerprint density at radius 1 is 1.14 bits per heavy atom. The van der Waals surface area contributed by atoms with E-state index in [4.69, 9.17) is 4.42 Å². The van der Waals surface area contributed by atoms with Crippen molar-refractivity contribution in [2.45, 2.75) is 36.6 Å². The quantitative estimate of drug-likeness (QED) is 0.651. The van der Waals surface area contributed by atoms with Gasteiger partial charge in [-0.15, -0.1) is 0 Å². The number of piperidine rings is 1. The van der Waals surface area contributed by atoms with Crippen LogP contribution in [0.3, 0.4) is 0 Å². The van der Waals surface area contributed by atoms with E-state index < -0.39 is 16.1 Å². The lowest BCUT2D eigenvalue weighted by atomic mass is 10.1. The molecule has 0 spiro atoms. The van der Waals surface area contributed by atoms with Crippen LogP contribution < -0.4 is 0 Å². The van der Waals surface area contributed by atoms with Crippen LogP contribution in [0.5, 0.6) is 0 Å². The molecule has 6 nitrogen and oxygen atoms in total. The second-order valence-corrected chi connectivity index (χ2v) is 8.67. The minimum atomic E-state index is -3.68. The molecule has 4 rings (SSSR count). The fraction of sp³-hybridized carbons (Fsp3) is 0.300. The predicted octanol–water partition coefficient (Wildman–Crippen LogP) is 3.72. The summed E-state index contributed by atoms with van der Waals surface area (Å²) in [4.78, 5) is 8.44. The van der Waals surface area contributed by atoms with E-state index in [1.54, 1.807) is 36.7 Å². The van der Waals surface area contributed by atoms with Crippen LogP contribution in [0.15, 0.2) is 64.3 Å². The Morgan fingerprint density at radius 2 is 1.96 bits per heavy atom. The van der Waals surface area contributed by atoms with Gasteiger partial charge >= 0.3 is 0 Å². The summed E-state index contributed by atoms with van der Waals surface area (Å²) in [6, 6.07) is 8.89. The highest BCUT2D eigenvalue weighted by atomic mass is 32.2. The lowest BCUT2D eigenvalue weighted by molar-refractivity contribution is 0.216. The first-order valence-corrected chi connectivity index (χ1v) is 10.6. The van der Waals surface area contributed by atoms with E-state index in [0.717, 1.165) is 18.4 Å². The zero-order chi connectivity index (χ0) is 19.6. The molecule has 0 aliphatic carbocycles. The summed E-state index contributed by atoms with van der Waals surface area (Å²) >= 11 is 0. The SMILES string of the molecule is O=S(=O)(c1cccnc1)N1CCCC[C@H]1c1ncc(Cc2ccc(F)cc2)o1. The van der Waals surface area contributed by atoms with Gasteiger partial charge < -0.3 is 4.42 Å². The summed E-state index contributed by atoms with van der Waals surface area (Å²) < 4.78 is 46.6. The third-order valence-electron chi connectivity index (χ3n) is 4.84. The highest BCUT2D eigenvalue weighted by molar-refractivity contribution is 7.89. The molecule has 1 aromatic carbocycles. The molecule has 0 saturated carbocycles. The van der Waals surface area contributed by atoms with Crippen molar-refractivity contribution in [2.24, 2.45) is 0 Å². The number of halogens is 1. The van der Waals surface area contributed by atoms with E-state index >= 15 is 0 Å². The molecule has 1 aliphatic rings. The van der Waals surface area contributed by atoms with Gasteiger partial charge in [-0.1, -0.05) is 18.6 Å². The summed E-state index contributed by atoms with van der Waals surface area (Å²) in [7, 11) is -3.68. The average Bonchev–Trinajstić information content (AvgIpc) is 3.19. The van der Waals surface area contributed by atoms with Gasteiger partial charge in [-0.3, -0.25) is 4.98 Å². The van der Waals surface area contributed by atoms with Crippen molar-refractivity contribution in [2.75, 3.05) is 6.54 Å². The molecule has 1 atom stereocenters. The van der Waals surface area contributed by atoms with E-state index in [0.29, 0.717) is 31.0 Å². The van der Waals surface area contributed by atoms with Crippen molar-refractivity contribution in [3.05, 3.63) is 78.0 Å². The van der Waals surface area contributed by atoms with Crippen LogP contribution in [0.4, 0.5) is 4.39 Å². The lowest BCUT2D eigenvalue weighted by Gasteiger charge is -2.32. The Bertz CT molecular complexity index is 1040. The van der Waals surface area contributed by atoms with Crippen molar-refractivity contribution in [1.82, 2.24) is 14.3 Å². The number of aromatic nitrogens is 2. The van der Waals surface area contributed by atoms with Crippen LogP contribution in [0.1, 0.15) is 42.5 Å². The molecule has 0 amide bonds. The number of benzene rings is 1. The summed E-state index contributed by atoms with van der Waals surface area (Å²) in [5.41, 5.74) is 0.896. The fourth-order valence-electron chi connectivity index (χ4n) is 3.44. The van der Waals surface area contributed by atoms with Gasteiger partial charge in [0.05, 0.1) is 6.20 Å². The summed E-state index contributed by atoms with van der Waals surface area (Å²) in [5.74, 6) is 0.718. The average molecular weight is 401 g/mol. The molecule has 3 aromatic rings. The number of hydrogen-bond donors (Lipinski definition) is 0. The molecule has 1 aliphatic heterocycles. The first-order chi connectivity index (χ1) is 13.5. The molecule has 2 aromatic heterocycles. The molecule has 0 N–H and O–H groups in total. The molecule has 3 heterocycles. The molecule has 8 heteroatoms. The molecule has 1 saturated heterocycles. The van der Waals surface area contributed by atoms with Crippen molar-refractivity contribution < 1.29 is 17.2 Å². The van der Waals surface area contributed by atoms with Gasteiger partial charge in [-0.05, 0) is 42.7 Å². The smallest absolute Gasteiger partial charge is 0.245 e. The first kappa shape index (κ1) is 18.8. The van der Waals surface area contributed by atoms with Crippen LogP contribution >= 0.6 is 0 Å². The topological polar surface area (TPSA) is 76.3 Å². The van der Waals surface area contributed by atoms with Crippen LogP contribution in [0, 0.1) is 5.82 Å². The van der Waals surface area contributed by atoms with Gasteiger partial charge in [0, 0.05) is 25.4 Å². The van der Waals surface area contributed by atoms with E-state index in [9.17, 15) is 12.8 Å². The predicted molar refractivity (Wildman–Crippen MR) is 100 cm³/mol. The van der Waals surface area contributed by atoms with Gasteiger partial charge in [0.25, 0.3) is 0 Å². The van der Waals surface area contributed by atoms with Gasteiger partial charge in [-0.25, -0.2) is 17.8 Å². The van der Waals surface area contributed by atoms with Gasteiger partial charge in [-0.2, -0.15) is 4.31 Å². The number of nitrogens with zero attached hydrogens (tertiary/aromatic N) is 3. The van der Waals surface area contributed by atoms with Crippen molar-refractivity contribution in [3.8, 4) is 0 Å². The van der Waals surface area contributed by atoms with E-state index in [1.165, 1.54) is 22.6 Å². The standard InChI is InChI=1S/C20H20FN3O3S/c21-16-8-6-15(7-9-16)12-17-13-23-20(27-17)19-5-1-2-11-24(19)28(25,26)18-4-3-10-22-14-18/h3-4,6-10,13-14,19H,1-2,5,11-12H2/t19-/m0/s1. The molecule has 146 valence electrons. The van der Waals surface area contributed by atoms with Crippen molar-refractivity contribution in [3.63, 3.8) is 0 Å². The zero-order valence-corrected chi connectivity index (χ0v) is 16.0. The molecule has 0 unspecified atom stereocenters. The normalized spacial score (nSPS) is 18.2. The second kappa shape index (κ2) is 7.81. The molecular formula is C20H20FN3O3S. The maximum Gasteiger partial charge on any atom is 0.245 e. The number of pyridine rings is 1. The highest BCUT2D eigenvalue weighted by Gasteiger charge is 2.37. The van der Waals surface area contributed by atoms with Gasteiger partial charge in [0.15, 0.2) is 0 Å². The third-order valence-corrected chi connectivity index (χ3v) is 6.73. The Morgan fingerprint density at radius 3 is 2.71 bits per heavy atom. The van der Waals surface area contributed by atoms with Crippen LogP contribution in [0.25, 0.3) is 0 Å². The molecule has 1 fully saturated rings. The largest absolute Gasteiger partial charge is 0.444 e. The van der Waals surface area contributed by atoms with Gasteiger partial charge in [0.1, 0.15) is 22.5 Å². The van der Waals surface area contributed by atoms with Crippen molar-refractivity contribution >= 4 is 10.0 Å². The summed E-state index contributed by atoms with van der Waals surface area (Å²) in [5, 5.41) is 0. The number of sulfonamides is 1. The third kappa shape index (κ3) is 3.83. The number of oxazole rings is 1.